The molecule has 32 valence electrons. The molecular formula is Li2O4Te. The van der Waals surface area contributed by atoms with E-state index in [2.05, 4.69) is 0 Å². The van der Waals surface area contributed by atoms with Gasteiger partial charge in [-0.2, -0.15) is 0 Å². The molecule has 7 heavy (non-hydrogen) atoms. The summed E-state index contributed by atoms with van der Waals surface area (Å²) < 4.78 is 34.5. The third-order valence-corrected chi connectivity index (χ3v) is 0. The maximum absolute atomic E-state index is 8.63. The van der Waals surface area contributed by atoms with Gasteiger partial charge in [-0.1, -0.05) is 0 Å². The summed E-state index contributed by atoms with van der Waals surface area (Å²) in [6.07, 6.45) is 0. The average Bonchev–Trinajstić information content (AvgIpc) is 0.722. The van der Waals surface area contributed by atoms with Gasteiger partial charge < -0.3 is 0 Å². The topological polar surface area (TPSA) is 80.3 Å². The first kappa shape index (κ1) is 15.8. The summed E-state index contributed by atoms with van der Waals surface area (Å²) >= 11 is -6.02. The Kier molecular flexibility index (Phi) is 12.7. The molecule has 0 atom stereocenters. The van der Waals surface area contributed by atoms with Crippen molar-refractivity contribution in [2.75, 3.05) is 0 Å². The van der Waals surface area contributed by atoms with Crippen molar-refractivity contribution in [3.05, 3.63) is 0 Å². The van der Waals surface area contributed by atoms with Gasteiger partial charge >= 0.3 is 69.8 Å². The van der Waals surface area contributed by atoms with E-state index in [1.165, 1.54) is 0 Å². The summed E-state index contributed by atoms with van der Waals surface area (Å²) in [6.45, 7) is 0. The minimum atomic E-state index is -6.02. The molecule has 0 heterocycles. The molecule has 0 spiro atoms. The number of hydrogen-bond acceptors (Lipinski definition) is 4. The summed E-state index contributed by atoms with van der Waals surface area (Å²) in [5.74, 6) is 0. The molecule has 0 saturated heterocycles. The Morgan fingerprint density at radius 1 is 1.00 bits per heavy atom. The molecule has 0 aliphatic carbocycles. The molecular weight excluding hydrogens is 205 g/mol. The summed E-state index contributed by atoms with van der Waals surface area (Å²) in [4.78, 5) is 0. The first-order chi connectivity index (χ1) is 2.00. The molecule has 0 bridgehead atoms. The molecule has 0 saturated carbocycles. The Labute approximate surface area is 69.3 Å². The van der Waals surface area contributed by atoms with Gasteiger partial charge in [-0.05, 0) is 0 Å². The van der Waals surface area contributed by atoms with Crippen LogP contribution in [0.4, 0.5) is 0 Å². The van der Waals surface area contributed by atoms with Crippen LogP contribution >= 0.6 is 0 Å². The van der Waals surface area contributed by atoms with E-state index in [1.54, 1.807) is 0 Å². The van der Waals surface area contributed by atoms with Gasteiger partial charge in [0.05, 0.1) is 0 Å². The second kappa shape index (κ2) is 5.64. The van der Waals surface area contributed by atoms with E-state index in [-0.39, 0.29) is 37.7 Å². The predicted octanol–water partition coefficient (Wildman–Crippen LogP) is -8.99. The quantitative estimate of drug-likeness (QED) is 0.368. The van der Waals surface area contributed by atoms with Crippen LogP contribution in [0.5, 0.6) is 0 Å². The van der Waals surface area contributed by atoms with Gasteiger partial charge in [-0.25, -0.2) is 0 Å². The van der Waals surface area contributed by atoms with Crippen LogP contribution in [0.3, 0.4) is 0 Å². The molecule has 0 aliphatic rings. The van der Waals surface area contributed by atoms with Crippen LogP contribution < -0.4 is 44.7 Å². The zero-order valence-electron chi connectivity index (χ0n) is 4.04. The SMILES string of the molecule is O=[Te](=O)([O-])[O-].[Li+].[Li+]. The Morgan fingerprint density at radius 3 is 1.00 bits per heavy atom. The van der Waals surface area contributed by atoms with Gasteiger partial charge in [0.15, 0.2) is 0 Å². The van der Waals surface area contributed by atoms with Gasteiger partial charge in [-0.3, -0.25) is 0 Å². The van der Waals surface area contributed by atoms with Crippen LogP contribution in [0.25, 0.3) is 0 Å². The molecule has 0 aromatic carbocycles. The van der Waals surface area contributed by atoms with E-state index >= 15 is 0 Å². The Hall–Kier alpha value is 1.50. The van der Waals surface area contributed by atoms with Crippen molar-refractivity contribution >= 4 is 19.0 Å². The summed E-state index contributed by atoms with van der Waals surface area (Å²) in [6, 6.07) is 0. The summed E-state index contributed by atoms with van der Waals surface area (Å²) in [5, 5.41) is 0. The fourth-order valence-electron chi connectivity index (χ4n) is 0. The van der Waals surface area contributed by atoms with Crippen LogP contribution in [-0.2, 0) is 6.21 Å². The molecule has 0 N–H and O–H groups in total. The summed E-state index contributed by atoms with van der Waals surface area (Å²) in [7, 11) is 0. The number of hydrogen-bond donors (Lipinski definition) is 0. The van der Waals surface area contributed by atoms with Gasteiger partial charge in [0.2, 0.25) is 0 Å². The van der Waals surface area contributed by atoms with Crippen LogP contribution in [0.1, 0.15) is 0 Å². The molecule has 4 nitrogen and oxygen atoms in total. The smallest absolute Gasteiger partial charge is 1.00 e. The van der Waals surface area contributed by atoms with Crippen LogP contribution in [0, 0.1) is 0 Å². The molecule has 7 heteroatoms. The van der Waals surface area contributed by atoms with E-state index < -0.39 is 19.0 Å². The van der Waals surface area contributed by atoms with Crippen molar-refractivity contribution < 1.29 is 50.9 Å². The van der Waals surface area contributed by atoms with Crippen LogP contribution in [-0.4, -0.2) is 19.0 Å². The van der Waals surface area contributed by atoms with E-state index in [1.807, 2.05) is 0 Å². The fourth-order valence-corrected chi connectivity index (χ4v) is 0. The van der Waals surface area contributed by atoms with E-state index in [0.29, 0.717) is 0 Å². The minimum Gasteiger partial charge on any atom is 1.00 e. The van der Waals surface area contributed by atoms with Gasteiger partial charge in [0.1, 0.15) is 0 Å². The Balaban J connectivity index is -0.0000000800. The molecule has 0 fully saturated rings. The molecule has 0 aromatic heterocycles. The minimum absolute atomic E-state index is 0. The standard InChI is InChI=1S/2Li.H2O4Te/c;;1-5(2,3)4/h;;(H2,1,2,3,4)/q2*+1;/p-2. The van der Waals surface area contributed by atoms with Gasteiger partial charge in [0, 0.05) is 0 Å². The van der Waals surface area contributed by atoms with Crippen molar-refractivity contribution in [2.45, 2.75) is 0 Å². The van der Waals surface area contributed by atoms with Crippen molar-refractivity contribution in [2.24, 2.45) is 0 Å². The fraction of sp³-hybridized carbons (Fsp3) is 0. The van der Waals surface area contributed by atoms with E-state index in [0.717, 1.165) is 0 Å². The summed E-state index contributed by atoms with van der Waals surface area (Å²) in [5.41, 5.74) is 0. The van der Waals surface area contributed by atoms with Crippen LogP contribution in [0.15, 0.2) is 0 Å². The van der Waals surface area contributed by atoms with Gasteiger partial charge in [-0.15, -0.1) is 0 Å². The first-order valence-corrected chi connectivity index (χ1v) is 4.47. The molecule has 0 aliphatic heterocycles. The second-order valence-corrected chi connectivity index (χ2v) is 2.74. The van der Waals surface area contributed by atoms with Crippen molar-refractivity contribution in [3.63, 3.8) is 0 Å². The second-order valence-electron chi connectivity index (χ2n) is 0.408. The molecule has 0 rings (SSSR count). The zero-order valence-corrected chi connectivity index (χ0v) is 6.37. The Bertz CT molecular complexity index is 92.9. The maximum atomic E-state index is 8.63. The molecule has 0 radical (unpaired) electrons. The number of rotatable bonds is 0. The van der Waals surface area contributed by atoms with Gasteiger partial charge in [0.25, 0.3) is 0 Å². The third kappa shape index (κ3) is 100. The zero-order chi connectivity index (χ0) is 4.50. The Morgan fingerprint density at radius 2 is 1.00 bits per heavy atom. The molecule has 0 unspecified atom stereocenters. The molecule has 0 aromatic rings. The van der Waals surface area contributed by atoms with Crippen molar-refractivity contribution in [1.82, 2.24) is 0 Å². The first-order valence-electron chi connectivity index (χ1n) is 0.667. The van der Waals surface area contributed by atoms with E-state index in [4.69, 9.17) is 13.2 Å². The average molecular weight is 205 g/mol. The predicted molar refractivity (Wildman–Crippen MR) is 7.13 cm³/mol. The van der Waals surface area contributed by atoms with Crippen LogP contribution in [0.2, 0.25) is 0 Å². The molecule has 0 amide bonds. The maximum Gasteiger partial charge on any atom is 1.00 e. The third-order valence-electron chi connectivity index (χ3n) is 0. The van der Waals surface area contributed by atoms with E-state index in [9.17, 15) is 0 Å². The monoisotopic (exact) mass is 208 g/mol. The largest absolute Gasteiger partial charge is 1.00 e. The van der Waals surface area contributed by atoms with Crippen molar-refractivity contribution in [3.8, 4) is 0 Å². The normalized spacial score (nSPS) is 8.29. The van der Waals surface area contributed by atoms with Crippen molar-refractivity contribution in [1.29, 1.82) is 0 Å².